The molecule has 1 aliphatic carbocycles. The molecule has 1 aliphatic rings. The number of aliphatic hydroxyl groups is 1. The maximum atomic E-state index is 13.6. The van der Waals surface area contributed by atoms with Gasteiger partial charge in [-0.2, -0.15) is 0 Å². The first-order chi connectivity index (χ1) is 14.8. The number of carbonyl (C=O) groups is 1. The molecular weight excluding hydrogens is 513 g/mol. The molecule has 3 N–H and O–H groups in total. The van der Waals surface area contributed by atoms with Crippen LogP contribution in [0.15, 0.2) is 42.5 Å². The van der Waals surface area contributed by atoms with Crippen molar-refractivity contribution in [2.24, 2.45) is 0 Å². The highest BCUT2D eigenvalue weighted by molar-refractivity contribution is 14.1. The van der Waals surface area contributed by atoms with Crippen molar-refractivity contribution in [1.29, 1.82) is 0 Å². The van der Waals surface area contributed by atoms with E-state index in [-0.39, 0.29) is 24.4 Å². The lowest BCUT2D eigenvalue weighted by atomic mass is 9.76. The molecule has 0 spiro atoms. The Bertz CT molecular complexity index is 883. The number of nitrogens with one attached hydrogen (secondary N) is 2. The second-order valence-electron chi connectivity index (χ2n) is 8.39. The molecule has 1 amide bonds. The molecule has 2 unspecified atom stereocenters. The van der Waals surface area contributed by atoms with E-state index in [1.165, 1.54) is 31.0 Å². The minimum absolute atomic E-state index is 0.132. The Morgan fingerprint density at radius 3 is 2.42 bits per heavy atom. The van der Waals surface area contributed by atoms with Crippen LogP contribution in [0, 0.1) is 15.2 Å². The van der Waals surface area contributed by atoms with E-state index in [0.717, 1.165) is 35.3 Å². The van der Waals surface area contributed by atoms with E-state index in [1.807, 2.05) is 6.07 Å². The van der Waals surface area contributed by atoms with E-state index < -0.39 is 23.8 Å². The van der Waals surface area contributed by atoms with Gasteiger partial charge >= 0.3 is 0 Å². The van der Waals surface area contributed by atoms with Gasteiger partial charge in [0.2, 0.25) is 5.91 Å². The van der Waals surface area contributed by atoms with Gasteiger partial charge in [-0.05, 0) is 77.2 Å². The number of hydrogen-bond donors (Lipinski definition) is 3. The first kappa shape index (κ1) is 24.1. The van der Waals surface area contributed by atoms with Crippen LogP contribution in [0.5, 0.6) is 0 Å². The lowest BCUT2D eigenvalue weighted by Crippen LogP contribution is -2.53. The Morgan fingerprint density at radius 1 is 1.13 bits per heavy atom. The van der Waals surface area contributed by atoms with Gasteiger partial charge in [-0.3, -0.25) is 4.79 Å². The molecule has 0 heterocycles. The van der Waals surface area contributed by atoms with Gasteiger partial charge in [-0.15, -0.1) is 0 Å². The van der Waals surface area contributed by atoms with Gasteiger partial charge < -0.3 is 15.7 Å². The number of carbonyl (C=O) groups excluding carboxylic acids is 1. The molecule has 1 saturated carbocycles. The number of amides is 1. The van der Waals surface area contributed by atoms with E-state index in [1.54, 1.807) is 0 Å². The fourth-order valence-corrected chi connectivity index (χ4v) is 5.02. The summed E-state index contributed by atoms with van der Waals surface area (Å²) in [7, 11) is 0. The molecule has 0 aromatic heterocycles. The van der Waals surface area contributed by atoms with Crippen molar-refractivity contribution in [3.05, 3.63) is 68.8 Å². The molecule has 31 heavy (non-hydrogen) atoms. The summed E-state index contributed by atoms with van der Waals surface area (Å²) in [5.74, 6) is -1.65. The second kappa shape index (κ2) is 10.8. The van der Waals surface area contributed by atoms with Gasteiger partial charge in [0, 0.05) is 28.6 Å². The van der Waals surface area contributed by atoms with Crippen LogP contribution < -0.4 is 10.6 Å². The minimum atomic E-state index is -0.920. The summed E-state index contributed by atoms with van der Waals surface area (Å²) in [6.07, 6.45) is 4.55. The Labute approximate surface area is 196 Å². The molecule has 0 bridgehead atoms. The van der Waals surface area contributed by atoms with Crippen LogP contribution >= 0.6 is 22.6 Å². The van der Waals surface area contributed by atoms with Gasteiger partial charge in [0.1, 0.15) is 11.6 Å². The van der Waals surface area contributed by atoms with Crippen LogP contribution in [0.4, 0.5) is 8.78 Å². The van der Waals surface area contributed by atoms with Crippen molar-refractivity contribution in [2.75, 3.05) is 6.54 Å². The van der Waals surface area contributed by atoms with Gasteiger partial charge in [0.05, 0.1) is 12.1 Å². The topological polar surface area (TPSA) is 61.4 Å². The van der Waals surface area contributed by atoms with Gasteiger partial charge in [-0.1, -0.05) is 31.4 Å². The summed E-state index contributed by atoms with van der Waals surface area (Å²) < 4.78 is 28.4. The van der Waals surface area contributed by atoms with Crippen molar-refractivity contribution in [3.63, 3.8) is 0 Å². The molecule has 2 aromatic rings. The third kappa shape index (κ3) is 6.70. The largest absolute Gasteiger partial charge is 0.390 e. The van der Waals surface area contributed by atoms with Crippen LogP contribution in [0.3, 0.4) is 0 Å². The lowest BCUT2D eigenvalue weighted by molar-refractivity contribution is -0.120. The molecule has 0 radical (unpaired) electrons. The van der Waals surface area contributed by atoms with Crippen molar-refractivity contribution in [2.45, 2.75) is 63.1 Å². The predicted octanol–water partition coefficient (Wildman–Crippen LogP) is 4.43. The summed E-state index contributed by atoms with van der Waals surface area (Å²) in [6.45, 7) is 1.63. The third-order valence-corrected chi connectivity index (χ3v) is 6.64. The van der Waals surface area contributed by atoms with Gasteiger partial charge in [-0.25, -0.2) is 8.78 Å². The van der Waals surface area contributed by atoms with E-state index in [9.17, 15) is 18.7 Å². The van der Waals surface area contributed by atoms with Crippen molar-refractivity contribution < 1.29 is 18.7 Å². The molecule has 2 aromatic carbocycles. The molecule has 2 atom stereocenters. The number of aliphatic hydroxyl groups excluding tert-OH is 1. The Morgan fingerprint density at radius 2 is 1.81 bits per heavy atom. The maximum Gasteiger partial charge on any atom is 0.217 e. The fraction of sp³-hybridized carbons (Fsp3) is 0.458. The number of rotatable bonds is 8. The SMILES string of the molecule is CC(=O)NC(Cc1cc(F)cc(F)c1)C(O)CNC1(c2cccc(I)c2)CCCCC1. The summed E-state index contributed by atoms with van der Waals surface area (Å²) >= 11 is 2.31. The summed E-state index contributed by atoms with van der Waals surface area (Å²) in [5.41, 5.74) is 1.36. The zero-order valence-electron chi connectivity index (χ0n) is 17.6. The predicted molar refractivity (Wildman–Crippen MR) is 126 cm³/mol. The molecule has 168 valence electrons. The molecule has 0 saturated heterocycles. The van der Waals surface area contributed by atoms with Crippen LogP contribution in [0.1, 0.15) is 50.2 Å². The van der Waals surface area contributed by atoms with E-state index in [0.29, 0.717) is 5.56 Å². The van der Waals surface area contributed by atoms with Crippen molar-refractivity contribution >= 4 is 28.5 Å². The average molecular weight is 542 g/mol. The molecule has 4 nitrogen and oxygen atoms in total. The van der Waals surface area contributed by atoms with Crippen LogP contribution in [-0.2, 0) is 16.8 Å². The minimum Gasteiger partial charge on any atom is -0.390 e. The molecule has 3 rings (SSSR count). The monoisotopic (exact) mass is 542 g/mol. The Hall–Kier alpha value is -1.58. The molecule has 0 aliphatic heterocycles. The van der Waals surface area contributed by atoms with Crippen LogP contribution in [0.2, 0.25) is 0 Å². The highest BCUT2D eigenvalue weighted by Crippen LogP contribution is 2.37. The average Bonchev–Trinajstić information content (AvgIpc) is 2.71. The van der Waals surface area contributed by atoms with E-state index >= 15 is 0 Å². The lowest BCUT2D eigenvalue weighted by Gasteiger charge is -2.40. The van der Waals surface area contributed by atoms with Gasteiger partial charge in [0.15, 0.2) is 0 Å². The van der Waals surface area contributed by atoms with Crippen LogP contribution in [0.25, 0.3) is 0 Å². The summed E-state index contributed by atoms with van der Waals surface area (Å²) in [4.78, 5) is 11.7. The van der Waals surface area contributed by atoms with E-state index in [2.05, 4.69) is 51.4 Å². The highest BCUT2D eigenvalue weighted by atomic mass is 127. The Balaban J connectivity index is 1.76. The fourth-order valence-electron chi connectivity index (χ4n) is 4.48. The highest BCUT2D eigenvalue weighted by Gasteiger charge is 2.35. The summed E-state index contributed by atoms with van der Waals surface area (Å²) in [5, 5.41) is 17.3. The third-order valence-electron chi connectivity index (χ3n) is 5.96. The first-order valence-corrected chi connectivity index (χ1v) is 11.8. The number of hydrogen-bond acceptors (Lipinski definition) is 3. The second-order valence-corrected chi connectivity index (χ2v) is 9.64. The standard InChI is InChI=1S/C24H29F2IN2O2/c1-16(30)29-22(12-17-10-19(25)14-20(26)11-17)23(31)15-28-24(8-3-2-4-9-24)18-6-5-7-21(27)13-18/h5-7,10-11,13-14,22-23,28,31H,2-4,8-9,12,15H2,1H3,(H,29,30). The maximum absolute atomic E-state index is 13.6. The number of benzene rings is 2. The van der Waals surface area contributed by atoms with Gasteiger partial charge in [0.25, 0.3) is 0 Å². The number of halogens is 3. The first-order valence-electron chi connectivity index (χ1n) is 10.7. The Kier molecular flexibility index (Phi) is 8.41. The van der Waals surface area contributed by atoms with Crippen molar-refractivity contribution in [1.82, 2.24) is 10.6 Å². The quantitative estimate of drug-likeness (QED) is 0.433. The zero-order chi connectivity index (χ0) is 22.4. The zero-order valence-corrected chi connectivity index (χ0v) is 19.8. The van der Waals surface area contributed by atoms with Crippen molar-refractivity contribution in [3.8, 4) is 0 Å². The molecule has 7 heteroatoms. The summed E-state index contributed by atoms with van der Waals surface area (Å²) in [6, 6.07) is 11.0. The normalized spacial score (nSPS) is 17.7. The van der Waals surface area contributed by atoms with Crippen LogP contribution in [-0.4, -0.2) is 29.7 Å². The van der Waals surface area contributed by atoms with E-state index in [4.69, 9.17) is 0 Å². The molecule has 1 fully saturated rings. The molecular formula is C24H29F2IN2O2. The smallest absolute Gasteiger partial charge is 0.217 e.